The lowest BCUT2D eigenvalue weighted by molar-refractivity contribution is 0.0917. The zero-order chi connectivity index (χ0) is 20.0. The van der Waals surface area contributed by atoms with Crippen LogP contribution in [-0.2, 0) is 0 Å². The number of nitrogens with zero attached hydrogens (tertiary/aromatic N) is 1. The van der Waals surface area contributed by atoms with Crippen LogP contribution in [0.2, 0.25) is 5.02 Å². The maximum Gasteiger partial charge on any atom is 0.252 e. The van der Waals surface area contributed by atoms with Gasteiger partial charge in [-0.2, -0.15) is 0 Å². The van der Waals surface area contributed by atoms with Gasteiger partial charge in [0.2, 0.25) is 0 Å². The molecule has 1 N–H and O–H groups in total. The van der Waals surface area contributed by atoms with Gasteiger partial charge in [0.1, 0.15) is 0 Å². The van der Waals surface area contributed by atoms with Gasteiger partial charge in [-0.25, -0.2) is 4.98 Å². The first-order valence-corrected chi connectivity index (χ1v) is 10.9. The molecule has 148 valence electrons. The molecule has 2 aliphatic carbocycles. The summed E-state index contributed by atoms with van der Waals surface area (Å²) >= 11 is 6.04. The first-order valence-electron chi connectivity index (χ1n) is 10.5. The largest absolute Gasteiger partial charge is 0.349 e. The third-order valence-corrected chi connectivity index (χ3v) is 7.15. The van der Waals surface area contributed by atoms with Crippen LogP contribution in [0.1, 0.15) is 43.0 Å². The molecule has 0 aliphatic heterocycles. The third-order valence-electron chi connectivity index (χ3n) is 6.89. The quantitative estimate of drug-likeness (QED) is 0.570. The van der Waals surface area contributed by atoms with Gasteiger partial charge in [-0.3, -0.25) is 4.79 Å². The monoisotopic (exact) mass is 404 g/mol. The molecule has 1 aromatic heterocycles. The van der Waals surface area contributed by atoms with Gasteiger partial charge in [0.15, 0.2) is 0 Å². The number of benzene rings is 2. The topological polar surface area (TPSA) is 42.0 Å². The van der Waals surface area contributed by atoms with Gasteiger partial charge < -0.3 is 5.32 Å². The van der Waals surface area contributed by atoms with E-state index in [1.165, 1.54) is 25.7 Å². The zero-order valence-electron chi connectivity index (χ0n) is 16.6. The summed E-state index contributed by atoms with van der Waals surface area (Å²) in [7, 11) is 0. The van der Waals surface area contributed by atoms with Crippen molar-refractivity contribution in [1.29, 1.82) is 0 Å². The molecule has 29 heavy (non-hydrogen) atoms. The first-order chi connectivity index (χ1) is 14.1. The molecule has 5 rings (SSSR count). The molecule has 1 heterocycles. The van der Waals surface area contributed by atoms with E-state index >= 15 is 0 Å². The Labute approximate surface area is 176 Å². The molecule has 4 heteroatoms. The number of hydrogen-bond donors (Lipinski definition) is 1. The summed E-state index contributed by atoms with van der Waals surface area (Å²) in [6.07, 6.45) is 5.32. The van der Waals surface area contributed by atoms with Crippen molar-refractivity contribution in [2.75, 3.05) is 0 Å². The number of rotatable bonds is 4. The van der Waals surface area contributed by atoms with Crippen molar-refractivity contribution >= 4 is 28.4 Å². The Morgan fingerprint density at radius 2 is 1.90 bits per heavy atom. The Morgan fingerprint density at radius 1 is 1.10 bits per heavy atom. The highest BCUT2D eigenvalue weighted by molar-refractivity contribution is 6.30. The van der Waals surface area contributed by atoms with Crippen LogP contribution in [0.4, 0.5) is 0 Å². The van der Waals surface area contributed by atoms with Crippen molar-refractivity contribution in [2.45, 2.75) is 38.6 Å². The molecule has 0 saturated heterocycles. The van der Waals surface area contributed by atoms with Crippen LogP contribution in [0.5, 0.6) is 0 Å². The summed E-state index contributed by atoms with van der Waals surface area (Å²) < 4.78 is 0. The van der Waals surface area contributed by atoms with E-state index in [-0.39, 0.29) is 11.9 Å². The van der Waals surface area contributed by atoms with E-state index in [1.54, 1.807) is 0 Å². The van der Waals surface area contributed by atoms with Crippen LogP contribution < -0.4 is 5.32 Å². The van der Waals surface area contributed by atoms with Gasteiger partial charge >= 0.3 is 0 Å². The maximum absolute atomic E-state index is 13.3. The number of fused-ring (bicyclic) bond motifs is 3. The van der Waals surface area contributed by atoms with E-state index < -0.39 is 0 Å². The fourth-order valence-corrected chi connectivity index (χ4v) is 5.56. The average Bonchev–Trinajstić information content (AvgIpc) is 3.37. The smallest absolute Gasteiger partial charge is 0.252 e. The molecule has 0 spiro atoms. The van der Waals surface area contributed by atoms with Crippen molar-refractivity contribution in [2.24, 2.45) is 17.8 Å². The summed E-state index contributed by atoms with van der Waals surface area (Å²) in [5.74, 6) is 2.27. The van der Waals surface area contributed by atoms with Gasteiger partial charge in [0.05, 0.1) is 16.8 Å². The number of amides is 1. The van der Waals surface area contributed by atoms with Crippen molar-refractivity contribution in [1.82, 2.24) is 10.3 Å². The third kappa shape index (κ3) is 3.53. The molecule has 2 fully saturated rings. The van der Waals surface area contributed by atoms with E-state index in [1.807, 2.05) is 54.6 Å². The predicted molar refractivity (Wildman–Crippen MR) is 118 cm³/mol. The second-order valence-corrected chi connectivity index (χ2v) is 9.12. The number of carbonyl (C=O) groups excluding carboxylic acids is 1. The van der Waals surface area contributed by atoms with E-state index in [0.29, 0.717) is 16.5 Å². The Hall–Kier alpha value is -2.39. The van der Waals surface area contributed by atoms with Gasteiger partial charge in [-0.05, 0) is 68.2 Å². The lowest BCUT2D eigenvalue weighted by Gasteiger charge is -2.28. The lowest BCUT2D eigenvalue weighted by atomic mass is 9.84. The van der Waals surface area contributed by atoms with Crippen LogP contribution in [0, 0.1) is 17.8 Å². The zero-order valence-corrected chi connectivity index (χ0v) is 17.3. The van der Waals surface area contributed by atoms with Gasteiger partial charge in [-0.15, -0.1) is 0 Å². The van der Waals surface area contributed by atoms with Crippen LogP contribution in [0.15, 0.2) is 54.6 Å². The molecule has 2 aromatic carbocycles. The number of aromatic nitrogens is 1. The summed E-state index contributed by atoms with van der Waals surface area (Å²) in [6, 6.07) is 17.6. The fraction of sp³-hybridized carbons (Fsp3) is 0.360. The minimum atomic E-state index is -0.00548. The standard InChI is InChI=1S/C25H25ClN2O/c1-15(21-13-16-6-7-18(21)12-16)27-25(29)22-14-24(17-8-10-19(26)11-9-17)28-23-5-3-2-4-20(22)23/h2-5,8-11,14-16,18,21H,6-7,12-13H2,1H3,(H,27,29). The minimum absolute atomic E-state index is 0.00548. The second kappa shape index (κ2) is 7.46. The average molecular weight is 405 g/mol. The SMILES string of the molecule is CC(NC(=O)c1cc(-c2ccc(Cl)cc2)nc2ccccc12)C1CC2CCC1C2. The normalized spacial score (nSPS) is 24.0. The van der Waals surface area contributed by atoms with Gasteiger partial charge in [0, 0.05) is 22.0 Å². The van der Waals surface area contributed by atoms with Crippen LogP contribution in [0.3, 0.4) is 0 Å². The van der Waals surface area contributed by atoms with Gasteiger partial charge in [-0.1, -0.05) is 48.4 Å². The molecule has 3 nitrogen and oxygen atoms in total. The second-order valence-electron chi connectivity index (χ2n) is 8.68. The minimum Gasteiger partial charge on any atom is -0.349 e. The van der Waals surface area contributed by atoms with E-state index in [2.05, 4.69) is 12.2 Å². The van der Waals surface area contributed by atoms with E-state index in [4.69, 9.17) is 16.6 Å². The van der Waals surface area contributed by atoms with Crippen LogP contribution in [0.25, 0.3) is 22.2 Å². The summed E-state index contributed by atoms with van der Waals surface area (Å²) in [5.41, 5.74) is 3.27. The lowest BCUT2D eigenvalue weighted by Crippen LogP contribution is -2.40. The highest BCUT2D eigenvalue weighted by atomic mass is 35.5. The Bertz CT molecular complexity index is 1060. The van der Waals surface area contributed by atoms with E-state index in [9.17, 15) is 4.79 Å². The highest BCUT2D eigenvalue weighted by Crippen LogP contribution is 2.49. The highest BCUT2D eigenvalue weighted by Gasteiger charge is 2.42. The molecule has 2 bridgehead atoms. The number of para-hydroxylation sites is 1. The van der Waals surface area contributed by atoms with Crippen molar-refractivity contribution in [3.8, 4) is 11.3 Å². The number of nitrogens with one attached hydrogen (secondary N) is 1. The Balaban J connectivity index is 1.47. The van der Waals surface area contributed by atoms with Crippen LogP contribution >= 0.6 is 11.6 Å². The van der Waals surface area contributed by atoms with E-state index in [0.717, 1.165) is 34.0 Å². The molecule has 1 amide bonds. The van der Waals surface area contributed by atoms with Crippen molar-refractivity contribution in [3.05, 3.63) is 65.2 Å². The molecular formula is C25H25ClN2O. The summed E-state index contributed by atoms with van der Waals surface area (Å²) in [4.78, 5) is 18.1. The number of pyridine rings is 1. The van der Waals surface area contributed by atoms with Crippen molar-refractivity contribution in [3.63, 3.8) is 0 Å². The molecule has 2 saturated carbocycles. The molecule has 2 aliphatic rings. The predicted octanol–water partition coefficient (Wildman–Crippen LogP) is 6.11. The maximum atomic E-state index is 13.3. The number of hydrogen-bond acceptors (Lipinski definition) is 2. The summed E-state index contributed by atoms with van der Waals surface area (Å²) in [6.45, 7) is 2.17. The summed E-state index contributed by atoms with van der Waals surface area (Å²) in [5, 5.41) is 4.89. The number of halogens is 1. The number of carbonyl (C=O) groups is 1. The van der Waals surface area contributed by atoms with Gasteiger partial charge in [0.25, 0.3) is 5.91 Å². The molecule has 3 aromatic rings. The van der Waals surface area contributed by atoms with Crippen molar-refractivity contribution < 1.29 is 4.79 Å². The fourth-order valence-electron chi connectivity index (χ4n) is 5.43. The Morgan fingerprint density at radius 3 is 2.62 bits per heavy atom. The first kappa shape index (κ1) is 18.6. The van der Waals surface area contributed by atoms with Crippen LogP contribution in [-0.4, -0.2) is 16.9 Å². The molecule has 4 atom stereocenters. The molecular weight excluding hydrogens is 380 g/mol. The molecule has 0 radical (unpaired) electrons. The molecule has 4 unspecified atom stereocenters. The Kier molecular flexibility index (Phi) is 4.79.